The Labute approximate surface area is 195 Å². The quantitative estimate of drug-likeness (QED) is 0.163. The van der Waals surface area contributed by atoms with Gasteiger partial charge in [-0.3, -0.25) is 4.79 Å². The zero-order chi connectivity index (χ0) is 23.4. The molecule has 186 valence electrons. The van der Waals surface area contributed by atoms with Crippen LogP contribution >= 0.6 is 0 Å². The summed E-state index contributed by atoms with van der Waals surface area (Å²) in [6, 6.07) is 0. The van der Waals surface area contributed by atoms with Gasteiger partial charge in [-0.25, -0.2) is 0 Å². The van der Waals surface area contributed by atoms with E-state index in [1.54, 1.807) is 0 Å². The third-order valence-corrected chi connectivity index (χ3v) is 7.02. The van der Waals surface area contributed by atoms with Crippen molar-refractivity contribution in [2.75, 3.05) is 19.8 Å². The van der Waals surface area contributed by atoms with Gasteiger partial charge in [-0.15, -0.1) is 0 Å². The summed E-state index contributed by atoms with van der Waals surface area (Å²) in [6.07, 6.45) is 19.0. The zero-order valence-electron chi connectivity index (χ0n) is 22.3. The monoisotopic (exact) mass is 439 g/mol. The molecule has 0 radical (unpaired) electrons. The number of unbranched alkanes of at least 4 members (excludes halogenated alkanes) is 7. The molecule has 1 N–H and O–H groups in total. The fourth-order valence-electron chi connectivity index (χ4n) is 4.52. The average Bonchev–Trinajstić information content (AvgIpc) is 2.77. The molecule has 1 unspecified atom stereocenters. The van der Waals surface area contributed by atoms with Crippen LogP contribution in [0.1, 0.15) is 144 Å². The van der Waals surface area contributed by atoms with Crippen molar-refractivity contribution in [3.63, 3.8) is 0 Å². The van der Waals surface area contributed by atoms with Gasteiger partial charge in [-0.1, -0.05) is 105 Å². The molecule has 31 heavy (non-hydrogen) atoms. The van der Waals surface area contributed by atoms with E-state index >= 15 is 0 Å². The summed E-state index contributed by atoms with van der Waals surface area (Å²) in [7, 11) is 0. The number of hydrogen-bond donors (Lipinski definition) is 1. The first-order valence-corrected chi connectivity index (χ1v) is 13.7. The SMILES string of the molecule is CCCCCCCC(C)(CCCC)NCCOCCC(=O)C(C)(CCCC)CCCC. The standard InChI is InChI=1S/C28H57NO2/c1-7-11-15-16-17-22-28(6,21-14-10-4)29-23-25-31-24-18-26(30)27(5,19-12-8-2)20-13-9-3/h29H,7-25H2,1-6H3. The van der Waals surface area contributed by atoms with Gasteiger partial charge in [0.25, 0.3) is 0 Å². The molecule has 0 fully saturated rings. The maximum absolute atomic E-state index is 12.9. The summed E-state index contributed by atoms with van der Waals surface area (Å²) in [5.41, 5.74) is 0.0738. The molecule has 0 aliphatic rings. The van der Waals surface area contributed by atoms with Crippen molar-refractivity contribution in [1.29, 1.82) is 0 Å². The van der Waals surface area contributed by atoms with Crippen LogP contribution in [0.25, 0.3) is 0 Å². The molecule has 3 nitrogen and oxygen atoms in total. The van der Waals surface area contributed by atoms with E-state index < -0.39 is 0 Å². The molecule has 0 aromatic carbocycles. The van der Waals surface area contributed by atoms with E-state index in [1.165, 1.54) is 57.8 Å². The number of nitrogens with one attached hydrogen (secondary N) is 1. The highest BCUT2D eigenvalue weighted by Gasteiger charge is 2.31. The first kappa shape index (κ1) is 30.6. The van der Waals surface area contributed by atoms with E-state index in [-0.39, 0.29) is 11.0 Å². The van der Waals surface area contributed by atoms with E-state index in [2.05, 4.69) is 46.9 Å². The van der Waals surface area contributed by atoms with Crippen molar-refractivity contribution >= 4 is 5.78 Å². The van der Waals surface area contributed by atoms with Crippen LogP contribution < -0.4 is 5.32 Å². The van der Waals surface area contributed by atoms with E-state index in [1.807, 2.05) is 0 Å². The van der Waals surface area contributed by atoms with Crippen molar-refractivity contribution in [2.24, 2.45) is 5.41 Å². The Morgan fingerprint density at radius 1 is 0.677 bits per heavy atom. The topological polar surface area (TPSA) is 38.3 Å². The summed E-state index contributed by atoms with van der Waals surface area (Å²) in [5, 5.41) is 3.79. The van der Waals surface area contributed by atoms with Gasteiger partial charge in [0.2, 0.25) is 0 Å². The summed E-state index contributed by atoms with van der Waals surface area (Å²) in [4.78, 5) is 12.9. The maximum atomic E-state index is 12.9. The lowest BCUT2D eigenvalue weighted by molar-refractivity contribution is -0.130. The van der Waals surface area contributed by atoms with E-state index in [9.17, 15) is 4.79 Å². The van der Waals surface area contributed by atoms with E-state index in [4.69, 9.17) is 4.74 Å². The van der Waals surface area contributed by atoms with Crippen molar-refractivity contribution in [2.45, 2.75) is 150 Å². The van der Waals surface area contributed by atoms with Crippen LogP contribution in [0.15, 0.2) is 0 Å². The predicted octanol–water partition coefficient (Wildman–Crippen LogP) is 8.25. The minimum absolute atomic E-state index is 0.149. The number of carbonyl (C=O) groups excluding carboxylic acids is 1. The third kappa shape index (κ3) is 15.1. The second-order valence-corrected chi connectivity index (χ2v) is 10.3. The second-order valence-electron chi connectivity index (χ2n) is 10.3. The van der Waals surface area contributed by atoms with Crippen LogP contribution in [0.4, 0.5) is 0 Å². The molecule has 0 amide bonds. The minimum atomic E-state index is -0.149. The number of hydrogen-bond acceptors (Lipinski definition) is 3. The van der Waals surface area contributed by atoms with Crippen LogP contribution in [-0.2, 0) is 9.53 Å². The lowest BCUT2D eigenvalue weighted by atomic mass is 9.75. The number of ketones is 1. The molecule has 0 spiro atoms. The zero-order valence-corrected chi connectivity index (χ0v) is 22.3. The highest BCUT2D eigenvalue weighted by molar-refractivity contribution is 5.84. The molecule has 0 rings (SSSR count). The summed E-state index contributed by atoms with van der Waals surface area (Å²) in [5.74, 6) is 0.405. The van der Waals surface area contributed by atoms with Crippen LogP contribution in [-0.4, -0.2) is 31.1 Å². The second kappa shape index (κ2) is 19.1. The number of ether oxygens (including phenoxy) is 1. The average molecular weight is 440 g/mol. The fourth-order valence-corrected chi connectivity index (χ4v) is 4.52. The summed E-state index contributed by atoms with van der Waals surface area (Å²) < 4.78 is 5.88. The van der Waals surface area contributed by atoms with Gasteiger partial charge in [-0.05, 0) is 32.6 Å². The summed E-state index contributed by atoms with van der Waals surface area (Å²) in [6.45, 7) is 15.7. The smallest absolute Gasteiger partial charge is 0.141 e. The fraction of sp³-hybridized carbons (Fsp3) is 0.964. The van der Waals surface area contributed by atoms with Gasteiger partial charge in [0, 0.05) is 23.9 Å². The molecule has 0 bridgehead atoms. The Morgan fingerprint density at radius 2 is 1.19 bits per heavy atom. The van der Waals surface area contributed by atoms with Crippen LogP contribution in [0.5, 0.6) is 0 Å². The van der Waals surface area contributed by atoms with Gasteiger partial charge in [-0.2, -0.15) is 0 Å². The predicted molar refractivity (Wildman–Crippen MR) is 137 cm³/mol. The third-order valence-electron chi connectivity index (χ3n) is 7.02. The molecule has 0 aliphatic heterocycles. The van der Waals surface area contributed by atoms with Crippen molar-refractivity contribution < 1.29 is 9.53 Å². The van der Waals surface area contributed by atoms with Gasteiger partial charge in [0.1, 0.15) is 5.78 Å². The summed E-state index contributed by atoms with van der Waals surface area (Å²) >= 11 is 0. The number of carbonyl (C=O) groups is 1. The molecule has 0 aliphatic carbocycles. The highest BCUT2D eigenvalue weighted by atomic mass is 16.5. The molecule has 0 saturated heterocycles. The largest absolute Gasteiger partial charge is 0.380 e. The van der Waals surface area contributed by atoms with Gasteiger partial charge in [0.15, 0.2) is 0 Å². The molecule has 0 saturated carbocycles. The Bertz CT molecular complexity index is 415. The first-order valence-electron chi connectivity index (χ1n) is 13.7. The Morgan fingerprint density at radius 3 is 1.77 bits per heavy atom. The lowest BCUT2D eigenvalue weighted by Gasteiger charge is -2.31. The normalized spacial score (nSPS) is 14.0. The van der Waals surface area contributed by atoms with Crippen LogP contribution in [0, 0.1) is 5.41 Å². The van der Waals surface area contributed by atoms with Gasteiger partial charge < -0.3 is 10.1 Å². The number of Topliss-reactive ketones (excluding diaryl/α,β-unsaturated/α-hetero) is 1. The molecule has 0 aromatic rings. The van der Waals surface area contributed by atoms with Crippen molar-refractivity contribution in [3.8, 4) is 0 Å². The number of rotatable bonds is 23. The molecule has 1 atom stereocenters. The van der Waals surface area contributed by atoms with Crippen molar-refractivity contribution in [1.82, 2.24) is 5.32 Å². The lowest BCUT2D eigenvalue weighted by Crippen LogP contribution is -2.44. The Balaban J connectivity index is 4.27. The molecule has 0 heterocycles. The van der Waals surface area contributed by atoms with Gasteiger partial charge >= 0.3 is 0 Å². The maximum Gasteiger partial charge on any atom is 0.141 e. The Hall–Kier alpha value is -0.410. The van der Waals surface area contributed by atoms with E-state index in [0.29, 0.717) is 25.4 Å². The minimum Gasteiger partial charge on any atom is -0.380 e. The molecule has 3 heteroatoms. The van der Waals surface area contributed by atoms with Crippen LogP contribution in [0.3, 0.4) is 0 Å². The van der Waals surface area contributed by atoms with Crippen LogP contribution in [0.2, 0.25) is 0 Å². The molecular weight excluding hydrogens is 382 g/mol. The van der Waals surface area contributed by atoms with E-state index in [0.717, 1.165) is 45.1 Å². The molecular formula is C28H57NO2. The van der Waals surface area contributed by atoms with Crippen molar-refractivity contribution in [3.05, 3.63) is 0 Å². The van der Waals surface area contributed by atoms with Gasteiger partial charge in [0.05, 0.1) is 13.2 Å². The highest BCUT2D eigenvalue weighted by Crippen LogP contribution is 2.32. The Kier molecular flexibility index (Phi) is 18.8. The molecule has 0 aromatic heterocycles. The first-order chi connectivity index (χ1) is 14.9.